The van der Waals surface area contributed by atoms with E-state index in [0.29, 0.717) is 22.9 Å². The Labute approximate surface area is 178 Å². The number of carbonyl (C=O) groups is 1. The number of carbonyl (C=O) groups excluding carboxylic acids is 1. The smallest absolute Gasteiger partial charge is 0.267 e. The predicted molar refractivity (Wildman–Crippen MR) is 117 cm³/mol. The molecule has 1 unspecified atom stereocenters. The van der Waals surface area contributed by atoms with Gasteiger partial charge in [0.15, 0.2) is 11.2 Å². The van der Waals surface area contributed by atoms with Crippen LogP contribution in [0.3, 0.4) is 0 Å². The van der Waals surface area contributed by atoms with Gasteiger partial charge in [0.1, 0.15) is 17.2 Å². The van der Waals surface area contributed by atoms with Gasteiger partial charge < -0.3 is 14.8 Å². The molecule has 1 aliphatic heterocycles. The van der Waals surface area contributed by atoms with Gasteiger partial charge in [-0.25, -0.2) is 0 Å². The molecule has 7 heteroatoms. The minimum Gasteiger partial charge on any atom is -0.480 e. The van der Waals surface area contributed by atoms with Gasteiger partial charge in [-0.15, -0.1) is 0 Å². The highest BCUT2D eigenvalue weighted by Gasteiger charge is 2.29. The summed E-state index contributed by atoms with van der Waals surface area (Å²) in [5.41, 5.74) is 1.75. The number of ether oxygens (including phenoxy) is 2. The van der Waals surface area contributed by atoms with Gasteiger partial charge in [-0.3, -0.25) is 10.1 Å². The van der Waals surface area contributed by atoms with Crippen molar-refractivity contribution in [2.24, 2.45) is 0 Å². The van der Waals surface area contributed by atoms with Crippen molar-refractivity contribution in [3.05, 3.63) is 83.4 Å². The van der Waals surface area contributed by atoms with E-state index in [2.05, 4.69) is 10.6 Å². The van der Waals surface area contributed by atoms with Crippen LogP contribution in [0.5, 0.6) is 17.2 Å². The first-order valence-corrected chi connectivity index (χ1v) is 9.75. The van der Waals surface area contributed by atoms with Crippen molar-refractivity contribution < 1.29 is 14.3 Å². The van der Waals surface area contributed by atoms with E-state index in [1.165, 1.54) is 0 Å². The highest BCUT2D eigenvalue weighted by atomic mass is 35.5. The lowest BCUT2D eigenvalue weighted by Gasteiger charge is -2.13. The first-order chi connectivity index (χ1) is 14.1. The summed E-state index contributed by atoms with van der Waals surface area (Å²) in [5, 5.41) is 6.53. The minimum atomic E-state index is -0.581. The molecule has 0 bridgehead atoms. The third kappa shape index (κ3) is 4.85. The summed E-state index contributed by atoms with van der Waals surface area (Å²) < 4.78 is 11.4. The Morgan fingerprint density at radius 1 is 1.00 bits per heavy atom. The molecule has 4 rings (SSSR count). The van der Waals surface area contributed by atoms with E-state index in [1.54, 1.807) is 36.4 Å². The molecule has 0 saturated heterocycles. The summed E-state index contributed by atoms with van der Waals surface area (Å²) in [5.74, 6) is 1.82. The quantitative estimate of drug-likeness (QED) is 0.580. The minimum absolute atomic E-state index is 0.209. The zero-order valence-electron chi connectivity index (χ0n) is 15.2. The van der Waals surface area contributed by atoms with Crippen molar-refractivity contribution >= 4 is 40.5 Å². The fraction of sp³-hybridized carbons (Fsp3) is 0.0909. The highest BCUT2D eigenvalue weighted by Crippen LogP contribution is 2.28. The standard InChI is InChI=1S/C22H17ClN2O3S/c23-15-5-9-17(10-6-15)27-18-11-7-16(8-12-18)24-22(29)25-21(26)20-13-14-3-1-2-4-19(14)28-20/h1-12,20H,13H2,(H2,24,25,26,29). The van der Waals surface area contributed by atoms with Gasteiger partial charge in [-0.1, -0.05) is 29.8 Å². The van der Waals surface area contributed by atoms with E-state index in [1.807, 2.05) is 36.4 Å². The van der Waals surface area contributed by atoms with Gasteiger partial charge in [0, 0.05) is 17.1 Å². The third-order valence-electron chi connectivity index (χ3n) is 4.34. The van der Waals surface area contributed by atoms with Gasteiger partial charge in [-0.2, -0.15) is 0 Å². The van der Waals surface area contributed by atoms with Crippen LogP contribution in [0.2, 0.25) is 5.02 Å². The van der Waals surface area contributed by atoms with Crippen molar-refractivity contribution in [2.45, 2.75) is 12.5 Å². The van der Waals surface area contributed by atoms with Gasteiger partial charge >= 0.3 is 0 Å². The second-order valence-corrected chi connectivity index (χ2v) is 7.29. The molecule has 1 heterocycles. The summed E-state index contributed by atoms with van der Waals surface area (Å²) in [6.07, 6.45) is -0.0521. The fourth-order valence-corrected chi connectivity index (χ4v) is 3.27. The Kier molecular flexibility index (Phi) is 5.64. The first-order valence-electron chi connectivity index (χ1n) is 8.97. The van der Waals surface area contributed by atoms with E-state index in [9.17, 15) is 4.79 Å². The number of hydrogen-bond acceptors (Lipinski definition) is 4. The number of thiocarbonyl (C=S) groups is 1. The zero-order valence-corrected chi connectivity index (χ0v) is 16.8. The van der Waals surface area contributed by atoms with E-state index in [0.717, 1.165) is 17.0 Å². The number of para-hydroxylation sites is 1. The molecule has 0 spiro atoms. The second kappa shape index (κ2) is 8.51. The predicted octanol–water partition coefficient (Wildman–Crippen LogP) is 4.95. The number of rotatable bonds is 4. The monoisotopic (exact) mass is 424 g/mol. The lowest BCUT2D eigenvalue weighted by atomic mass is 10.1. The number of halogens is 1. The van der Waals surface area contributed by atoms with Crippen molar-refractivity contribution in [3.63, 3.8) is 0 Å². The summed E-state index contributed by atoms with van der Waals surface area (Å²) in [4.78, 5) is 12.4. The molecule has 1 amide bonds. The lowest BCUT2D eigenvalue weighted by molar-refractivity contribution is -0.125. The second-order valence-electron chi connectivity index (χ2n) is 6.44. The topological polar surface area (TPSA) is 59.6 Å². The largest absolute Gasteiger partial charge is 0.480 e. The lowest BCUT2D eigenvalue weighted by Crippen LogP contribution is -2.42. The van der Waals surface area contributed by atoms with Crippen LogP contribution in [-0.2, 0) is 11.2 Å². The SMILES string of the molecule is O=C(NC(=S)Nc1ccc(Oc2ccc(Cl)cc2)cc1)C1Cc2ccccc2O1. The molecule has 1 aliphatic rings. The molecule has 0 fully saturated rings. The molecule has 5 nitrogen and oxygen atoms in total. The Bertz CT molecular complexity index is 1010. The van der Waals surface area contributed by atoms with Gasteiger partial charge in [0.2, 0.25) is 0 Å². The van der Waals surface area contributed by atoms with Crippen LogP contribution in [0.4, 0.5) is 5.69 Å². The number of fused-ring (bicyclic) bond motifs is 1. The zero-order chi connectivity index (χ0) is 20.2. The maximum atomic E-state index is 12.4. The third-order valence-corrected chi connectivity index (χ3v) is 4.79. The number of anilines is 1. The molecule has 0 radical (unpaired) electrons. The average Bonchev–Trinajstić information content (AvgIpc) is 3.16. The van der Waals surface area contributed by atoms with Crippen LogP contribution in [0.1, 0.15) is 5.56 Å². The molecule has 3 aromatic rings. The molecule has 0 aromatic heterocycles. The molecule has 1 atom stereocenters. The normalized spacial score (nSPS) is 14.4. The van der Waals surface area contributed by atoms with Gasteiger partial charge in [0.25, 0.3) is 5.91 Å². The number of amides is 1. The summed E-state index contributed by atoms with van der Waals surface area (Å²) in [6.45, 7) is 0. The van der Waals surface area contributed by atoms with Gasteiger partial charge in [0.05, 0.1) is 0 Å². The summed E-state index contributed by atoms with van der Waals surface area (Å²) >= 11 is 11.1. The molecular weight excluding hydrogens is 408 g/mol. The van der Waals surface area contributed by atoms with Crippen LogP contribution < -0.4 is 20.1 Å². The Hall–Kier alpha value is -3.09. The Morgan fingerprint density at radius 2 is 1.66 bits per heavy atom. The van der Waals surface area contributed by atoms with Crippen LogP contribution in [0.15, 0.2) is 72.8 Å². The number of hydrogen-bond donors (Lipinski definition) is 2. The average molecular weight is 425 g/mol. The first kappa shape index (κ1) is 19.2. The highest BCUT2D eigenvalue weighted by molar-refractivity contribution is 7.80. The summed E-state index contributed by atoms with van der Waals surface area (Å²) in [6, 6.07) is 22.0. The van der Waals surface area contributed by atoms with Crippen molar-refractivity contribution in [3.8, 4) is 17.2 Å². The fourth-order valence-electron chi connectivity index (χ4n) is 2.93. The van der Waals surface area contributed by atoms with Crippen molar-refractivity contribution in [1.29, 1.82) is 0 Å². The van der Waals surface area contributed by atoms with E-state index in [4.69, 9.17) is 33.3 Å². The van der Waals surface area contributed by atoms with E-state index in [-0.39, 0.29) is 11.0 Å². The molecular formula is C22H17ClN2O3S. The van der Waals surface area contributed by atoms with Crippen molar-refractivity contribution in [1.82, 2.24) is 5.32 Å². The summed E-state index contributed by atoms with van der Waals surface area (Å²) in [7, 11) is 0. The Morgan fingerprint density at radius 3 is 2.34 bits per heavy atom. The maximum Gasteiger partial charge on any atom is 0.267 e. The maximum absolute atomic E-state index is 12.4. The molecule has 146 valence electrons. The van der Waals surface area contributed by atoms with E-state index >= 15 is 0 Å². The number of benzene rings is 3. The van der Waals surface area contributed by atoms with Gasteiger partial charge in [-0.05, 0) is 72.4 Å². The van der Waals surface area contributed by atoms with E-state index < -0.39 is 6.10 Å². The molecule has 0 saturated carbocycles. The van der Waals surface area contributed by atoms with Crippen LogP contribution in [0.25, 0.3) is 0 Å². The number of nitrogens with one attached hydrogen (secondary N) is 2. The molecule has 3 aromatic carbocycles. The molecule has 2 N–H and O–H groups in total. The van der Waals surface area contributed by atoms with Crippen LogP contribution in [-0.4, -0.2) is 17.1 Å². The molecule has 0 aliphatic carbocycles. The molecule has 29 heavy (non-hydrogen) atoms. The van der Waals surface area contributed by atoms with Crippen LogP contribution in [0, 0.1) is 0 Å². The Balaban J connectivity index is 1.29. The van der Waals surface area contributed by atoms with Crippen molar-refractivity contribution in [2.75, 3.05) is 5.32 Å². The van der Waals surface area contributed by atoms with Crippen LogP contribution >= 0.6 is 23.8 Å².